The van der Waals surface area contributed by atoms with Gasteiger partial charge in [0.15, 0.2) is 17.5 Å². The molecule has 0 bridgehead atoms. The fraction of sp³-hybridized carbons (Fsp3) is 0.562. The highest BCUT2D eigenvalue weighted by atomic mass is 32.2. The maximum absolute atomic E-state index is 12.9. The molecule has 1 N–H and O–H groups in total. The van der Waals surface area contributed by atoms with Crippen molar-refractivity contribution in [1.29, 1.82) is 5.26 Å². The van der Waals surface area contributed by atoms with E-state index in [-0.39, 0.29) is 10.9 Å². The first kappa shape index (κ1) is 17.0. The summed E-state index contributed by atoms with van der Waals surface area (Å²) in [6, 6.07) is 6.88. The summed E-state index contributed by atoms with van der Waals surface area (Å²) in [5.74, 6) is 1.07. The molecule has 0 unspecified atom stereocenters. The number of nitriles is 1. The highest BCUT2D eigenvalue weighted by molar-refractivity contribution is 7.89. The van der Waals surface area contributed by atoms with Gasteiger partial charge in [0.2, 0.25) is 10.0 Å². The molecular formula is C16H22N3O4S+. The lowest BCUT2D eigenvalue weighted by atomic mass is 10.2. The first-order valence-corrected chi connectivity index (χ1v) is 9.60. The number of hydrogen-bond acceptors (Lipinski definition) is 5. The van der Waals surface area contributed by atoms with Gasteiger partial charge in [-0.15, -0.1) is 0 Å². The van der Waals surface area contributed by atoms with Crippen LogP contribution in [0.1, 0.15) is 13.3 Å². The predicted molar refractivity (Wildman–Crippen MR) is 86.6 cm³/mol. The highest BCUT2D eigenvalue weighted by Crippen LogP contribution is 2.32. The molecule has 0 aromatic heterocycles. The zero-order valence-corrected chi connectivity index (χ0v) is 14.5. The fourth-order valence-corrected chi connectivity index (χ4v) is 4.45. The van der Waals surface area contributed by atoms with Crippen LogP contribution < -0.4 is 14.4 Å². The summed E-state index contributed by atoms with van der Waals surface area (Å²) in [6.45, 7) is 5.06. The number of rotatable bonds is 3. The minimum absolute atomic E-state index is 0.118. The van der Waals surface area contributed by atoms with Crippen LogP contribution in [0.4, 0.5) is 0 Å². The zero-order valence-electron chi connectivity index (χ0n) is 13.7. The fourth-order valence-electron chi connectivity index (χ4n) is 2.99. The summed E-state index contributed by atoms with van der Waals surface area (Å²) in [5, 5.41) is 9.00. The van der Waals surface area contributed by atoms with Crippen LogP contribution in [0.25, 0.3) is 0 Å². The van der Waals surface area contributed by atoms with Gasteiger partial charge in [-0.1, -0.05) is 0 Å². The number of quaternary nitrogens is 1. The summed E-state index contributed by atoms with van der Waals surface area (Å²) in [5.41, 5.74) is 0. The summed E-state index contributed by atoms with van der Waals surface area (Å²) >= 11 is 0. The average molecular weight is 352 g/mol. The van der Waals surface area contributed by atoms with Gasteiger partial charge in [0.05, 0.1) is 44.3 Å². The van der Waals surface area contributed by atoms with Gasteiger partial charge < -0.3 is 14.4 Å². The monoisotopic (exact) mass is 352 g/mol. The second-order valence-corrected chi connectivity index (χ2v) is 8.01. The third-order valence-electron chi connectivity index (χ3n) is 4.53. The first-order valence-electron chi connectivity index (χ1n) is 8.16. The van der Waals surface area contributed by atoms with Crippen LogP contribution >= 0.6 is 0 Å². The van der Waals surface area contributed by atoms with Crippen molar-refractivity contribution in [2.75, 3.05) is 39.4 Å². The van der Waals surface area contributed by atoms with Gasteiger partial charge in [0.25, 0.3) is 0 Å². The Labute approximate surface area is 142 Å². The maximum atomic E-state index is 12.9. The van der Waals surface area contributed by atoms with Gasteiger partial charge in [0.1, 0.15) is 6.07 Å². The lowest BCUT2D eigenvalue weighted by molar-refractivity contribution is -0.918. The predicted octanol–water partition coefficient (Wildman–Crippen LogP) is -0.351. The average Bonchev–Trinajstić information content (AvgIpc) is 2.85. The molecule has 2 heterocycles. The van der Waals surface area contributed by atoms with Gasteiger partial charge in [-0.25, -0.2) is 8.42 Å². The molecule has 1 aromatic carbocycles. The quantitative estimate of drug-likeness (QED) is 0.804. The van der Waals surface area contributed by atoms with Crippen molar-refractivity contribution in [2.24, 2.45) is 0 Å². The summed E-state index contributed by atoms with van der Waals surface area (Å²) in [7, 11) is -3.56. The lowest BCUT2D eigenvalue weighted by Gasteiger charge is -2.32. The Kier molecular flexibility index (Phi) is 4.94. The molecule has 2 aliphatic rings. The van der Waals surface area contributed by atoms with E-state index in [1.165, 1.54) is 4.31 Å². The summed E-state index contributed by atoms with van der Waals surface area (Å²) < 4.78 is 38.3. The SMILES string of the molecule is C[C@H](C#N)[NH+]1CCN(S(=O)(=O)c2ccc3c(c2)OCCCO3)CC1. The van der Waals surface area contributed by atoms with E-state index in [1.54, 1.807) is 18.2 Å². The molecule has 0 amide bonds. The molecule has 3 rings (SSSR count). The minimum Gasteiger partial charge on any atom is -0.490 e. The molecule has 7 nitrogen and oxygen atoms in total. The Balaban J connectivity index is 1.77. The minimum atomic E-state index is -3.56. The Morgan fingerprint density at radius 2 is 1.88 bits per heavy atom. The topological polar surface area (TPSA) is 84.1 Å². The number of sulfonamides is 1. The van der Waals surface area contributed by atoms with Crippen LogP contribution in [0, 0.1) is 11.3 Å². The number of piperazine rings is 1. The summed E-state index contributed by atoms with van der Waals surface area (Å²) in [6.07, 6.45) is 0.776. The Morgan fingerprint density at radius 1 is 1.21 bits per heavy atom. The number of nitrogens with one attached hydrogen (secondary N) is 1. The molecular weight excluding hydrogens is 330 g/mol. The number of hydrogen-bond donors (Lipinski definition) is 1. The van der Waals surface area contributed by atoms with E-state index in [2.05, 4.69) is 6.07 Å². The van der Waals surface area contributed by atoms with Gasteiger partial charge in [0, 0.05) is 19.4 Å². The van der Waals surface area contributed by atoms with Crippen LogP contribution in [-0.4, -0.2) is 58.2 Å². The van der Waals surface area contributed by atoms with Crippen molar-refractivity contribution < 1.29 is 22.8 Å². The van der Waals surface area contributed by atoms with Crippen molar-refractivity contribution in [1.82, 2.24) is 4.31 Å². The first-order chi connectivity index (χ1) is 11.5. The summed E-state index contributed by atoms with van der Waals surface area (Å²) in [4.78, 5) is 1.35. The Hall–Kier alpha value is -1.82. The molecule has 0 radical (unpaired) electrons. The van der Waals surface area contributed by atoms with Crippen LogP contribution in [0.2, 0.25) is 0 Å². The molecule has 2 aliphatic heterocycles. The van der Waals surface area contributed by atoms with Crippen molar-refractivity contribution >= 4 is 10.0 Å². The van der Waals surface area contributed by atoms with Crippen LogP contribution in [0.5, 0.6) is 11.5 Å². The molecule has 130 valence electrons. The molecule has 1 atom stereocenters. The van der Waals surface area contributed by atoms with Crippen molar-refractivity contribution in [2.45, 2.75) is 24.3 Å². The standard InChI is InChI=1S/C16H21N3O4S/c1-13(12-17)18-5-7-19(8-6-18)24(20,21)14-3-4-15-16(11-14)23-10-2-9-22-15/h3-4,11,13H,2,5-10H2,1H3/p+1/t13-/m1/s1. The van der Waals surface area contributed by atoms with Crippen LogP contribution in [-0.2, 0) is 10.0 Å². The number of nitrogens with zero attached hydrogens (tertiary/aromatic N) is 2. The smallest absolute Gasteiger partial charge is 0.243 e. The number of ether oxygens (including phenoxy) is 2. The number of benzene rings is 1. The van der Waals surface area contributed by atoms with Crippen molar-refractivity contribution in [3.63, 3.8) is 0 Å². The van der Waals surface area contributed by atoms with E-state index in [0.29, 0.717) is 50.9 Å². The van der Waals surface area contributed by atoms with E-state index in [9.17, 15) is 8.42 Å². The normalized spacial score (nSPS) is 20.8. The molecule has 1 aromatic rings. The van der Waals surface area contributed by atoms with Gasteiger partial charge in [-0.05, 0) is 12.1 Å². The lowest BCUT2D eigenvalue weighted by Crippen LogP contribution is -3.17. The third kappa shape index (κ3) is 3.34. The molecule has 0 saturated carbocycles. The molecule has 0 spiro atoms. The van der Waals surface area contributed by atoms with E-state index >= 15 is 0 Å². The molecule has 0 aliphatic carbocycles. The van der Waals surface area contributed by atoms with Gasteiger partial charge in [-0.2, -0.15) is 9.57 Å². The molecule has 24 heavy (non-hydrogen) atoms. The zero-order chi connectivity index (χ0) is 17.2. The Morgan fingerprint density at radius 3 is 2.54 bits per heavy atom. The number of fused-ring (bicyclic) bond motifs is 1. The van der Waals surface area contributed by atoms with E-state index in [1.807, 2.05) is 6.92 Å². The maximum Gasteiger partial charge on any atom is 0.243 e. The van der Waals surface area contributed by atoms with Crippen molar-refractivity contribution in [3.8, 4) is 17.6 Å². The van der Waals surface area contributed by atoms with Gasteiger partial charge >= 0.3 is 0 Å². The van der Waals surface area contributed by atoms with Crippen molar-refractivity contribution in [3.05, 3.63) is 18.2 Å². The van der Waals surface area contributed by atoms with Crippen LogP contribution in [0.15, 0.2) is 23.1 Å². The molecule has 1 fully saturated rings. The Bertz CT molecular complexity index is 736. The van der Waals surface area contributed by atoms with E-state index in [0.717, 1.165) is 11.3 Å². The van der Waals surface area contributed by atoms with E-state index < -0.39 is 10.0 Å². The largest absolute Gasteiger partial charge is 0.490 e. The second-order valence-electron chi connectivity index (χ2n) is 6.07. The van der Waals surface area contributed by atoms with E-state index in [4.69, 9.17) is 14.7 Å². The highest BCUT2D eigenvalue weighted by Gasteiger charge is 2.32. The third-order valence-corrected chi connectivity index (χ3v) is 6.42. The van der Waals surface area contributed by atoms with Crippen LogP contribution in [0.3, 0.4) is 0 Å². The van der Waals surface area contributed by atoms with Gasteiger partial charge in [-0.3, -0.25) is 0 Å². The molecule has 1 saturated heterocycles. The molecule has 8 heteroatoms. The second kappa shape index (κ2) is 6.97.